The summed E-state index contributed by atoms with van der Waals surface area (Å²) in [4.78, 5) is 25.6. The third-order valence-electron chi connectivity index (χ3n) is 4.28. The molecule has 0 bridgehead atoms. The lowest BCUT2D eigenvalue weighted by Crippen LogP contribution is -2.15. The van der Waals surface area contributed by atoms with Gasteiger partial charge in [0.2, 0.25) is 0 Å². The molecule has 0 radical (unpaired) electrons. The second-order valence-corrected chi connectivity index (χ2v) is 6.26. The second-order valence-electron chi connectivity index (χ2n) is 6.26. The fourth-order valence-corrected chi connectivity index (χ4v) is 3.01. The summed E-state index contributed by atoms with van der Waals surface area (Å²) in [5.74, 6) is 0.438. The van der Waals surface area contributed by atoms with Gasteiger partial charge in [0.05, 0.1) is 23.5 Å². The monoisotopic (exact) mass is 385 g/mol. The number of amides is 1. The van der Waals surface area contributed by atoms with E-state index in [1.165, 1.54) is 0 Å². The van der Waals surface area contributed by atoms with Crippen LogP contribution in [-0.4, -0.2) is 27.7 Å². The Bertz CT molecular complexity index is 1160. The fourth-order valence-electron chi connectivity index (χ4n) is 3.01. The molecule has 0 unspecified atom stereocenters. The summed E-state index contributed by atoms with van der Waals surface area (Å²) >= 11 is 0. The number of hydrogen-bond acceptors (Lipinski definition) is 6. The number of fused-ring (bicyclic) bond motifs is 1. The molecule has 2 aromatic heterocycles. The summed E-state index contributed by atoms with van der Waals surface area (Å²) in [6, 6.07) is 21.2. The van der Waals surface area contributed by atoms with E-state index in [1.807, 2.05) is 60.7 Å². The van der Waals surface area contributed by atoms with E-state index >= 15 is 0 Å². The minimum absolute atomic E-state index is 0.179. The van der Waals surface area contributed by atoms with Gasteiger partial charge in [-0.15, -0.1) is 0 Å². The van der Waals surface area contributed by atoms with Gasteiger partial charge in [-0.2, -0.15) is 0 Å². The Balaban J connectivity index is 1.91. The number of anilines is 2. The van der Waals surface area contributed by atoms with Gasteiger partial charge in [-0.05, 0) is 6.92 Å². The van der Waals surface area contributed by atoms with Gasteiger partial charge < -0.3 is 10.5 Å². The Morgan fingerprint density at radius 3 is 2.10 bits per heavy atom. The molecule has 2 aromatic carbocycles. The average Bonchev–Trinajstić information content (AvgIpc) is 2.74. The number of ether oxygens (including phenoxy) is 1. The van der Waals surface area contributed by atoms with E-state index in [0.29, 0.717) is 16.7 Å². The van der Waals surface area contributed by atoms with E-state index in [-0.39, 0.29) is 18.2 Å². The smallest absolute Gasteiger partial charge is 0.412 e. The Hall–Kier alpha value is -4.00. The minimum Gasteiger partial charge on any atom is -0.450 e. The van der Waals surface area contributed by atoms with E-state index in [1.54, 1.807) is 13.0 Å². The van der Waals surface area contributed by atoms with Crippen LogP contribution >= 0.6 is 0 Å². The van der Waals surface area contributed by atoms with E-state index < -0.39 is 6.09 Å². The van der Waals surface area contributed by atoms with Crippen LogP contribution in [0, 0.1) is 0 Å². The molecular weight excluding hydrogens is 366 g/mol. The van der Waals surface area contributed by atoms with Crippen molar-refractivity contribution in [3.05, 3.63) is 66.7 Å². The van der Waals surface area contributed by atoms with Gasteiger partial charge in [-0.1, -0.05) is 60.7 Å². The van der Waals surface area contributed by atoms with Crippen LogP contribution in [0.1, 0.15) is 6.92 Å². The number of pyridine rings is 1. The molecule has 4 rings (SSSR count). The number of aromatic nitrogens is 3. The number of benzene rings is 2. The van der Waals surface area contributed by atoms with E-state index in [9.17, 15) is 4.79 Å². The highest BCUT2D eigenvalue weighted by Crippen LogP contribution is 2.32. The predicted molar refractivity (Wildman–Crippen MR) is 113 cm³/mol. The number of rotatable bonds is 4. The van der Waals surface area contributed by atoms with Gasteiger partial charge in [0.15, 0.2) is 5.82 Å². The van der Waals surface area contributed by atoms with Crippen molar-refractivity contribution in [1.82, 2.24) is 15.0 Å². The number of nitrogens with one attached hydrogen (secondary N) is 1. The van der Waals surface area contributed by atoms with E-state index in [2.05, 4.69) is 10.3 Å². The van der Waals surface area contributed by atoms with Crippen LogP contribution in [0.25, 0.3) is 33.5 Å². The van der Waals surface area contributed by atoms with Crippen LogP contribution in [0.4, 0.5) is 16.4 Å². The van der Waals surface area contributed by atoms with Gasteiger partial charge >= 0.3 is 6.09 Å². The first-order valence-corrected chi connectivity index (χ1v) is 9.18. The summed E-state index contributed by atoms with van der Waals surface area (Å²) in [5.41, 5.74) is 10.4. The molecule has 0 spiro atoms. The normalized spacial score (nSPS) is 10.7. The first kappa shape index (κ1) is 18.4. The molecule has 0 atom stereocenters. The number of nitrogens with zero attached hydrogens (tertiary/aromatic N) is 3. The average molecular weight is 385 g/mol. The number of hydrogen-bond donors (Lipinski definition) is 2. The van der Waals surface area contributed by atoms with Crippen molar-refractivity contribution in [2.45, 2.75) is 6.92 Å². The minimum atomic E-state index is -0.601. The molecule has 29 heavy (non-hydrogen) atoms. The molecule has 0 fully saturated rings. The zero-order valence-corrected chi connectivity index (χ0v) is 15.8. The van der Waals surface area contributed by atoms with Crippen LogP contribution in [0.5, 0.6) is 0 Å². The van der Waals surface area contributed by atoms with Crippen molar-refractivity contribution in [1.29, 1.82) is 0 Å². The van der Waals surface area contributed by atoms with E-state index in [4.69, 9.17) is 20.4 Å². The van der Waals surface area contributed by atoms with Crippen molar-refractivity contribution >= 4 is 28.8 Å². The zero-order chi connectivity index (χ0) is 20.2. The molecule has 7 nitrogen and oxygen atoms in total. The first-order valence-electron chi connectivity index (χ1n) is 9.18. The predicted octanol–water partition coefficient (Wildman–Crippen LogP) is 4.51. The number of carbonyl (C=O) groups is 1. The number of nitrogen functional groups attached to an aromatic ring is 1. The van der Waals surface area contributed by atoms with E-state index in [0.717, 1.165) is 16.8 Å². The number of carbonyl (C=O) groups excluding carboxylic acids is 1. The molecular formula is C22H19N5O2. The van der Waals surface area contributed by atoms with Crippen molar-refractivity contribution in [2.75, 3.05) is 17.7 Å². The summed E-state index contributed by atoms with van der Waals surface area (Å²) < 4.78 is 4.90. The van der Waals surface area contributed by atoms with Gasteiger partial charge in [-0.3, -0.25) is 5.32 Å². The van der Waals surface area contributed by atoms with Gasteiger partial charge in [0.25, 0.3) is 0 Å². The molecule has 3 N–H and O–H groups in total. The molecule has 0 aliphatic heterocycles. The highest BCUT2D eigenvalue weighted by atomic mass is 16.5. The summed E-state index contributed by atoms with van der Waals surface area (Å²) in [7, 11) is 0. The molecule has 0 saturated carbocycles. The van der Waals surface area contributed by atoms with Crippen molar-refractivity contribution in [3.63, 3.8) is 0 Å². The molecule has 0 aliphatic rings. The van der Waals surface area contributed by atoms with Gasteiger partial charge in [0.1, 0.15) is 11.3 Å². The summed E-state index contributed by atoms with van der Waals surface area (Å²) in [6.07, 6.45) is -0.601. The van der Waals surface area contributed by atoms with Crippen LogP contribution in [0.15, 0.2) is 66.7 Å². The lowest BCUT2D eigenvalue weighted by atomic mass is 10.0. The maximum Gasteiger partial charge on any atom is 0.412 e. The lowest BCUT2D eigenvalue weighted by molar-refractivity contribution is 0.168. The van der Waals surface area contributed by atoms with Crippen LogP contribution in [0.3, 0.4) is 0 Å². The fraction of sp³-hybridized carbons (Fsp3) is 0.0909. The topological polar surface area (TPSA) is 103 Å². The van der Waals surface area contributed by atoms with Crippen LogP contribution in [0.2, 0.25) is 0 Å². The summed E-state index contributed by atoms with van der Waals surface area (Å²) in [5, 5.41) is 2.56. The van der Waals surface area contributed by atoms with Gasteiger partial charge in [0, 0.05) is 17.2 Å². The maximum atomic E-state index is 11.7. The quantitative estimate of drug-likeness (QED) is 0.536. The highest BCUT2D eigenvalue weighted by Gasteiger charge is 2.16. The van der Waals surface area contributed by atoms with Crippen molar-refractivity contribution in [2.24, 2.45) is 0 Å². The van der Waals surface area contributed by atoms with Crippen molar-refractivity contribution < 1.29 is 9.53 Å². The van der Waals surface area contributed by atoms with Crippen molar-refractivity contribution in [3.8, 4) is 22.5 Å². The molecule has 4 aromatic rings. The largest absolute Gasteiger partial charge is 0.450 e. The molecule has 0 aliphatic carbocycles. The molecule has 144 valence electrons. The standard InChI is InChI=1S/C22H19N5O2/c1-2-29-22(28)26-17-13-16-20(21(23)25-17)27-19(15-11-7-4-8-12-15)18(24-16)14-9-5-3-6-10-14/h3-13H,2H2,1H3,(H3,23,25,26,28). The number of nitrogens with two attached hydrogens (primary N) is 1. The summed E-state index contributed by atoms with van der Waals surface area (Å²) in [6.45, 7) is 1.98. The highest BCUT2D eigenvalue weighted by molar-refractivity contribution is 5.94. The Kier molecular flexibility index (Phi) is 5.03. The lowest BCUT2D eigenvalue weighted by Gasteiger charge is -2.12. The van der Waals surface area contributed by atoms with Crippen LogP contribution in [-0.2, 0) is 4.74 Å². The molecule has 0 saturated heterocycles. The molecule has 1 amide bonds. The third kappa shape index (κ3) is 3.84. The SMILES string of the molecule is CCOC(=O)Nc1cc2nc(-c3ccccc3)c(-c3ccccc3)nc2c(N)n1. The molecule has 2 heterocycles. The second kappa shape index (κ2) is 7.93. The van der Waals surface area contributed by atoms with Crippen LogP contribution < -0.4 is 11.1 Å². The Labute approximate surface area is 167 Å². The Morgan fingerprint density at radius 1 is 0.931 bits per heavy atom. The third-order valence-corrected chi connectivity index (χ3v) is 4.28. The Morgan fingerprint density at radius 2 is 1.52 bits per heavy atom. The first-order chi connectivity index (χ1) is 14.2. The zero-order valence-electron chi connectivity index (χ0n) is 15.8. The maximum absolute atomic E-state index is 11.7. The molecule has 7 heteroatoms. The van der Waals surface area contributed by atoms with Gasteiger partial charge in [-0.25, -0.2) is 19.7 Å².